The SMILES string of the molecule is CCc1cn2c(n1)CC(C(=O)Nc1n[nH]c3cc(OC)ccc13)CC2. The molecule has 0 spiro atoms. The van der Waals surface area contributed by atoms with Crippen LogP contribution in [0.1, 0.15) is 24.9 Å². The van der Waals surface area contributed by atoms with Gasteiger partial charge < -0.3 is 14.6 Å². The zero-order chi connectivity index (χ0) is 17.4. The van der Waals surface area contributed by atoms with Crippen molar-refractivity contribution >= 4 is 22.6 Å². The molecule has 4 rings (SSSR count). The molecular formula is C18H21N5O2. The van der Waals surface area contributed by atoms with Gasteiger partial charge in [0.2, 0.25) is 5.91 Å². The van der Waals surface area contributed by atoms with E-state index in [1.807, 2.05) is 18.2 Å². The first-order chi connectivity index (χ1) is 12.2. The van der Waals surface area contributed by atoms with E-state index in [0.29, 0.717) is 12.2 Å². The number of carbonyl (C=O) groups excluding carboxylic acids is 1. The number of fused-ring (bicyclic) bond motifs is 2. The van der Waals surface area contributed by atoms with E-state index in [9.17, 15) is 4.79 Å². The molecule has 1 unspecified atom stereocenters. The molecule has 130 valence electrons. The first kappa shape index (κ1) is 15.7. The van der Waals surface area contributed by atoms with Gasteiger partial charge in [-0.15, -0.1) is 0 Å². The lowest BCUT2D eigenvalue weighted by Crippen LogP contribution is -2.30. The van der Waals surface area contributed by atoms with Crippen molar-refractivity contribution < 1.29 is 9.53 Å². The summed E-state index contributed by atoms with van der Waals surface area (Å²) in [7, 11) is 1.62. The highest BCUT2D eigenvalue weighted by Crippen LogP contribution is 2.26. The Hall–Kier alpha value is -2.83. The van der Waals surface area contributed by atoms with Crippen molar-refractivity contribution in [3.8, 4) is 5.75 Å². The van der Waals surface area contributed by atoms with Crippen LogP contribution in [-0.2, 0) is 24.2 Å². The van der Waals surface area contributed by atoms with Gasteiger partial charge in [0.15, 0.2) is 5.82 Å². The minimum absolute atomic E-state index is 0.00323. The second-order valence-corrected chi connectivity index (χ2v) is 6.36. The molecule has 2 N–H and O–H groups in total. The third-order valence-corrected chi connectivity index (χ3v) is 4.80. The largest absolute Gasteiger partial charge is 0.497 e. The smallest absolute Gasteiger partial charge is 0.229 e. The van der Waals surface area contributed by atoms with Crippen molar-refractivity contribution in [1.82, 2.24) is 19.7 Å². The maximum atomic E-state index is 12.7. The summed E-state index contributed by atoms with van der Waals surface area (Å²) in [6, 6.07) is 5.62. The number of H-pyrrole nitrogens is 1. The van der Waals surface area contributed by atoms with Crippen molar-refractivity contribution in [2.24, 2.45) is 5.92 Å². The molecule has 1 amide bonds. The lowest BCUT2D eigenvalue weighted by atomic mass is 9.97. The van der Waals surface area contributed by atoms with Crippen LogP contribution < -0.4 is 10.1 Å². The molecule has 0 radical (unpaired) electrons. The Morgan fingerprint density at radius 3 is 3.16 bits per heavy atom. The summed E-state index contributed by atoms with van der Waals surface area (Å²) in [4.78, 5) is 17.3. The van der Waals surface area contributed by atoms with E-state index in [2.05, 4.69) is 38.2 Å². The Labute approximate surface area is 145 Å². The van der Waals surface area contributed by atoms with Crippen molar-refractivity contribution in [3.05, 3.63) is 35.9 Å². The molecule has 1 aliphatic rings. The van der Waals surface area contributed by atoms with Crippen LogP contribution in [0.25, 0.3) is 10.9 Å². The molecule has 7 nitrogen and oxygen atoms in total. The highest BCUT2D eigenvalue weighted by atomic mass is 16.5. The number of nitrogens with one attached hydrogen (secondary N) is 2. The number of imidazole rings is 1. The van der Waals surface area contributed by atoms with Gasteiger partial charge >= 0.3 is 0 Å². The minimum atomic E-state index is -0.0791. The van der Waals surface area contributed by atoms with Crippen molar-refractivity contribution in [2.45, 2.75) is 32.7 Å². The highest BCUT2D eigenvalue weighted by molar-refractivity contribution is 6.00. The van der Waals surface area contributed by atoms with E-state index in [1.165, 1.54) is 0 Å². The Morgan fingerprint density at radius 2 is 2.36 bits per heavy atom. The number of amides is 1. The summed E-state index contributed by atoms with van der Waals surface area (Å²) >= 11 is 0. The maximum Gasteiger partial charge on any atom is 0.229 e. The van der Waals surface area contributed by atoms with Crippen LogP contribution in [0.5, 0.6) is 5.75 Å². The minimum Gasteiger partial charge on any atom is -0.497 e. The lowest BCUT2D eigenvalue weighted by molar-refractivity contribution is -0.120. The van der Waals surface area contributed by atoms with Gasteiger partial charge in [-0.05, 0) is 25.0 Å². The number of anilines is 1. The predicted octanol–water partition coefficient (Wildman–Crippen LogP) is 2.53. The van der Waals surface area contributed by atoms with E-state index in [1.54, 1.807) is 7.11 Å². The molecule has 1 aliphatic heterocycles. The number of aromatic nitrogens is 4. The van der Waals surface area contributed by atoms with Gasteiger partial charge in [0.25, 0.3) is 0 Å². The number of methoxy groups -OCH3 is 1. The van der Waals surface area contributed by atoms with E-state index in [-0.39, 0.29) is 11.8 Å². The number of rotatable bonds is 4. The number of benzene rings is 1. The number of aryl methyl sites for hydroxylation is 2. The molecule has 0 fully saturated rings. The lowest BCUT2D eigenvalue weighted by Gasteiger charge is -2.22. The number of hydrogen-bond acceptors (Lipinski definition) is 4. The first-order valence-electron chi connectivity index (χ1n) is 8.56. The molecular weight excluding hydrogens is 318 g/mol. The van der Waals surface area contributed by atoms with Crippen LogP contribution in [0.2, 0.25) is 0 Å². The molecule has 25 heavy (non-hydrogen) atoms. The number of carbonyl (C=O) groups is 1. The van der Waals surface area contributed by atoms with E-state index in [0.717, 1.165) is 47.6 Å². The summed E-state index contributed by atoms with van der Waals surface area (Å²) in [6.45, 7) is 2.93. The molecule has 0 aliphatic carbocycles. The fourth-order valence-electron chi connectivity index (χ4n) is 3.32. The topological polar surface area (TPSA) is 84.8 Å². The van der Waals surface area contributed by atoms with Gasteiger partial charge in [0, 0.05) is 36.5 Å². The fraction of sp³-hybridized carbons (Fsp3) is 0.389. The van der Waals surface area contributed by atoms with Crippen LogP contribution in [0.15, 0.2) is 24.4 Å². The van der Waals surface area contributed by atoms with Crippen molar-refractivity contribution in [1.29, 1.82) is 0 Å². The van der Waals surface area contributed by atoms with E-state index in [4.69, 9.17) is 4.74 Å². The van der Waals surface area contributed by atoms with Gasteiger partial charge in [-0.3, -0.25) is 9.89 Å². The van der Waals surface area contributed by atoms with Gasteiger partial charge in [-0.1, -0.05) is 6.92 Å². The number of hydrogen-bond donors (Lipinski definition) is 2. The fourth-order valence-corrected chi connectivity index (χ4v) is 3.32. The van der Waals surface area contributed by atoms with Crippen LogP contribution in [0, 0.1) is 5.92 Å². The third-order valence-electron chi connectivity index (χ3n) is 4.80. The van der Waals surface area contributed by atoms with Crippen LogP contribution in [0.4, 0.5) is 5.82 Å². The quantitative estimate of drug-likeness (QED) is 0.765. The number of nitrogens with zero attached hydrogens (tertiary/aromatic N) is 3. The molecule has 2 aromatic heterocycles. The number of aromatic amines is 1. The Balaban J connectivity index is 1.51. The second kappa shape index (κ2) is 6.23. The zero-order valence-electron chi connectivity index (χ0n) is 14.4. The summed E-state index contributed by atoms with van der Waals surface area (Å²) in [5.74, 6) is 2.23. The summed E-state index contributed by atoms with van der Waals surface area (Å²) in [5, 5.41) is 11.0. The van der Waals surface area contributed by atoms with Gasteiger partial charge in [-0.2, -0.15) is 5.10 Å². The van der Waals surface area contributed by atoms with Gasteiger partial charge in [0.1, 0.15) is 11.6 Å². The normalized spacial score (nSPS) is 16.6. The molecule has 0 saturated heterocycles. The predicted molar refractivity (Wildman–Crippen MR) is 94.7 cm³/mol. The highest BCUT2D eigenvalue weighted by Gasteiger charge is 2.27. The van der Waals surface area contributed by atoms with E-state index < -0.39 is 0 Å². The summed E-state index contributed by atoms with van der Waals surface area (Å²) < 4.78 is 7.37. The average molecular weight is 339 g/mol. The van der Waals surface area contributed by atoms with E-state index >= 15 is 0 Å². The second-order valence-electron chi connectivity index (χ2n) is 6.36. The molecule has 1 aromatic carbocycles. The summed E-state index contributed by atoms with van der Waals surface area (Å²) in [6.07, 6.45) is 4.49. The molecule has 1 atom stereocenters. The van der Waals surface area contributed by atoms with Gasteiger partial charge in [0.05, 0.1) is 18.3 Å². The van der Waals surface area contributed by atoms with Gasteiger partial charge in [-0.25, -0.2) is 4.98 Å². The average Bonchev–Trinajstić information content (AvgIpc) is 3.24. The van der Waals surface area contributed by atoms with Crippen LogP contribution in [-0.4, -0.2) is 32.8 Å². The Bertz CT molecular complexity index is 927. The monoisotopic (exact) mass is 339 g/mol. The van der Waals surface area contributed by atoms with Crippen molar-refractivity contribution in [3.63, 3.8) is 0 Å². The van der Waals surface area contributed by atoms with Crippen LogP contribution >= 0.6 is 0 Å². The zero-order valence-corrected chi connectivity index (χ0v) is 14.4. The Kier molecular flexibility index (Phi) is 3.91. The molecule has 7 heteroatoms. The van der Waals surface area contributed by atoms with Crippen LogP contribution in [0.3, 0.4) is 0 Å². The standard InChI is InChI=1S/C18H21N5O2/c1-3-12-10-23-7-6-11(8-16(23)19-12)18(24)20-17-14-5-4-13(25-2)9-15(14)21-22-17/h4-5,9-11H,3,6-8H2,1-2H3,(H2,20,21,22,24). The first-order valence-corrected chi connectivity index (χ1v) is 8.56. The maximum absolute atomic E-state index is 12.7. The third kappa shape index (κ3) is 2.86. The van der Waals surface area contributed by atoms with Crippen molar-refractivity contribution in [2.75, 3.05) is 12.4 Å². The number of ether oxygens (including phenoxy) is 1. The molecule has 3 aromatic rings. The Morgan fingerprint density at radius 1 is 1.48 bits per heavy atom. The molecule has 0 bridgehead atoms. The molecule has 3 heterocycles. The molecule has 0 saturated carbocycles. The summed E-state index contributed by atoms with van der Waals surface area (Å²) in [5.41, 5.74) is 1.92.